The third-order valence-corrected chi connectivity index (χ3v) is 2.67. The number of hydrogen-bond donors (Lipinski definition) is 2. The maximum atomic E-state index is 13.7. The molecule has 0 fully saturated rings. The van der Waals surface area contributed by atoms with Crippen LogP contribution in [0, 0.1) is 17.0 Å². The minimum atomic E-state index is -0.761. The van der Waals surface area contributed by atoms with Crippen molar-refractivity contribution >= 4 is 17.4 Å². The largest absolute Gasteiger partial charge is 0.453 e. The van der Waals surface area contributed by atoms with Crippen LogP contribution in [0.25, 0.3) is 0 Å². The van der Waals surface area contributed by atoms with Gasteiger partial charge in [-0.15, -0.1) is 0 Å². The fraction of sp³-hybridized carbons (Fsp3) is 0. The van der Waals surface area contributed by atoms with Crippen molar-refractivity contribution in [1.29, 1.82) is 5.41 Å². The second-order valence-electron chi connectivity index (χ2n) is 3.68. The number of amidine groups is 1. The third-order valence-electron chi connectivity index (χ3n) is 2.38. The van der Waals surface area contributed by atoms with Crippen LogP contribution in [0.5, 0.6) is 11.5 Å². The fourth-order valence-electron chi connectivity index (χ4n) is 1.53. The predicted octanol–water partition coefficient (Wildman–Crippen LogP) is 3.69. The Morgan fingerprint density at radius 3 is 2.42 bits per heavy atom. The van der Waals surface area contributed by atoms with Gasteiger partial charge < -0.3 is 10.5 Å². The zero-order valence-electron chi connectivity index (χ0n) is 9.58. The molecule has 0 bridgehead atoms. The number of rotatable bonds is 3. The van der Waals surface area contributed by atoms with Crippen molar-refractivity contribution in [3.05, 3.63) is 58.6 Å². The van der Waals surface area contributed by atoms with Crippen LogP contribution in [0.2, 0.25) is 5.02 Å². The Hall–Kier alpha value is -2.14. The van der Waals surface area contributed by atoms with Crippen LogP contribution < -0.4 is 10.5 Å². The summed E-state index contributed by atoms with van der Waals surface area (Å²) < 4.78 is 32.5. The molecular weight excluding hydrogens is 274 g/mol. The molecule has 2 rings (SSSR count). The van der Waals surface area contributed by atoms with Crippen molar-refractivity contribution in [2.24, 2.45) is 5.73 Å². The van der Waals surface area contributed by atoms with Crippen LogP contribution in [0.4, 0.5) is 8.78 Å². The molecule has 0 saturated carbocycles. The number of halogens is 3. The number of hydrogen-bond acceptors (Lipinski definition) is 2. The summed E-state index contributed by atoms with van der Waals surface area (Å²) >= 11 is 5.62. The van der Waals surface area contributed by atoms with Crippen LogP contribution in [0.3, 0.4) is 0 Å². The molecule has 0 amide bonds. The van der Waals surface area contributed by atoms with E-state index in [4.69, 9.17) is 27.5 Å². The summed E-state index contributed by atoms with van der Waals surface area (Å²) in [5.74, 6) is -2.19. The number of nitrogens with two attached hydrogens (primary N) is 1. The van der Waals surface area contributed by atoms with E-state index in [-0.39, 0.29) is 22.1 Å². The van der Waals surface area contributed by atoms with Gasteiger partial charge >= 0.3 is 0 Å². The highest BCUT2D eigenvalue weighted by Gasteiger charge is 2.15. The quantitative estimate of drug-likeness (QED) is 0.666. The van der Waals surface area contributed by atoms with Crippen molar-refractivity contribution in [3.8, 4) is 11.5 Å². The Bertz CT molecular complexity index is 647. The molecule has 2 aromatic carbocycles. The maximum absolute atomic E-state index is 13.7. The molecule has 19 heavy (non-hydrogen) atoms. The van der Waals surface area contributed by atoms with Gasteiger partial charge in [-0.3, -0.25) is 5.41 Å². The van der Waals surface area contributed by atoms with Crippen molar-refractivity contribution in [2.45, 2.75) is 0 Å². The Morgan fingerprint density at radius 1 is 1.11 bits per heavy atom. The van der Waals surface area contributed by atoms with Crippen LogP contribution in [-0.4, -0.2) is 5.84 Å². The average Bonchev–Trinajstić information content (AvgIpc) is 2.34. The lowest BCUT2D eigenvalue weighted by Crippen LogP contribution is -2.14. The van der Waals surface area contributed by atoms with Gasteiger partial charge in [0.2, 0.25) is 0 Å². The minimum absolute atomic E-state index is 0.0475. The van der Waals surface area contributed by atoms with Gasteiger partial charge in [-0.25, -0.2) is 8.78 Å². The first-order valence-corrected chi connectivity index (χ1v) is 5.63. The summed E-state index contributed by atoms with van der Waals surface area (Å²) in [6, 6.07) is 8.10. The number of nitrogens with one attached hydrogen (secondary N) is 1. The first-order chi connectivity index (χ1) is 9.00. The predicted molar refractivity (Wildman–Crippen MR) is 68.9 cm³/mol. The SMILES string of the molecule is N=C(N)c1c(F)cccc1Oc1cccc(Cl)c1F. The summed E-state index contributed by atoms with van der Waals surface area (Å²) in [7, 11) is 0. The van der Waals surface area contributed by atoms with Gasteiger partial charge in [-0.05, 0) is 24.3 Å². The summed E-state index contributed by atoms with van der Waals surface area (Å²) in [5.41, 5.74) is 5.06. The summed E-state index contributed by atoms with van der Waals surface area (Å²) in [6.07, 6.45) is 0. The smallest absolute Gasteiger partial charge is 0.184 e. The Morgan fingerprint density at radius 2 is 1.74 bits per heavy atom. The van der Waals surface area contributed by atoms with Crippen LogP contribution in [0.15, 0.2) is 36.4 Å². The first kappa shape index (κ1) is 13.3. The van der Waals surface area contributed by atoms with Crippen LogP contribution >= 0.6 is 11.6 Å². The van der Waals surface area contributed by atoms with Gasteiger partial charge in [-0.1, -0.05) is 23.7 Å². The molecule has 6 heteroatoms. The average molecular weight is 283 g/mol. The van der Waals surface area contributed by atoms with E-state index in [1.165, 1.54) is 30.3 Å². The van der Waals surface area contributed by atoms with Crippen molar-refractivity contribution < 1.29 is 13.5 Å². The molecular formula is C13H9ClF2N2O. The highest BCUT2D eigenvalue weighted by atomic mass is 35.5. The summed E-state index contributed by atoms with van der Waals surface area (Å²) in [4.78, 5) is 0. The van der Waals surface area contributed by atoms with E-state index >= 15 is 0 Å². The molecule has 0 aliphatic heterocycles. The molecule has 0 heterocycles. The number of nitrogen functional groups attached to an aromatic ring is 1. The topological polar surface area (TPSA) is 59.1 Å². The number of ether oxygens (including phenoxy) is 1. The normalized spacial score (nSPS) is 10.3. The second kappa shape index (κ2) is 5.24. The summed E-state index contributed by atoms with van der Waals surface area (Å²) in [6.45, 7) is 0. The monoisotopic (exact) mass is 282 g/mol. The van der Waals surface area contributed by atoms with Gasteiger partial charge in [0.25, 0.3) is 0 Å². The lowest BCUT2D eigenvalue weighted by Gasteiger charge is -2.11. The van der Waals surface area contributed by atoms with Gasteiger partial charge in [0.05, 0.1) is 10.6 Å². The van der Waals surface area contributed by atoms with E-state index in [0.29, 0.717) is 0 Å². The fourth-order valence-corrected chi connectivity index (χ4v) is 1.70. The molecule has 0 aliphatic carbocycles. The Balaban J connectivity index is 2.47. The lowest BCUT2D eigenvalue weighted by molar-refractivity contribution is 0.438. The molecule has 98 valence electrons. The van der Waals surface area contributed by atoms with E-state index in [0.717, 1.165) is 6.07 Å². The molecule has 0 unspecified atom stereocenters. The number of benzene rings is 2. The van der Waals surface area contributed by atoms with Crippen LogP contribution in [-0.2, 0) is 0 Å². The zero-order chi connectivity index (χ0) is 14.0. The standard InChI is InChI=1S/C13H9ClF2N2O/c14-7-3-1-6-10(12(7)16)19-9-5-2-4-8(15)11(9)13(17)18/h1-6H,(H3,17,18). The van der Waals surface area contributed by atoms with Gasteiger partial charge in [0.1, 0.15) is 17.4 Å². The van der Waals surface area contributed by atoms with Gasteiger partial charge in [0.15, 0.2) is 11.6 Å². The molecule has 0 aromatic heterocycles. The van der Waals surface area contributed by atoms with Gasteiger partial charge in [-0.2, -0.15) is 0 Å². The van der Waals surface area contributed by atoms with E-state index in [9.17, 15) is 8.78 Å². The van der Waals surface area contributed by atoms with Crippen molar-refractivity contribution in [1.82, 2.24) is 0 Å². The van der Waals surface area contributed by atoms with E-state index < -0.39 is 17.5 Å². The molecule has 0 aliphatic rings. The first-order valence-electron chi connectivity index (χ1n) is 5.25. The van der Waals surface area contributed by atoms with Crippen LogP contribution in [0.1, 0.15) is 5.56 Å². The molecule has 3 N–H and O–H groups in total. The van der Waals surface area contributed by atoms with Crippen molar-refractivity contribution in [3.63, 3.8) is 0 Å². The molecule has 3 nitrogen and oxygen atoms in total. The molecule has 0 atom stereocenters. The van der Waals surface area contributed by atoms with E-state index in [2.05, 4.69) is 0 Å². The van der Waals surface area contributed by atoms with E-state index in [1.807, 2.05) is 0 Å². The van der Waals surface area contributed by atoms with Crippen molar-refractivity contribution in [2.75, 3.05) is 0 Å². The Kier molecular flexibility index (Phi) is 3.66. The zero-order valence-corrected chi connectivity index (χ0v) is 10.3. The Labute approximate surface area is 113 Å². The molecule has 0 spiro atoms. The lowest BCUT2D eigenvalue weighted by atomic mass is 10.1. The third kappa shape index (κ3) is 2.66. The summed E-state index contributed by atoms with van der Waals surface area (Å²) in [5, 5.41) is 7.20. The molecule has 0 saturated heterocycles. The minimum Gasteiger partial charge on any atom is -0.453 e. The molecule has 0 radical (unpaired) electrons. The van der Waals surface area contributed by atoms with Gasteiger partial charge in [0, 0.05) is 0 Å². The van der Waals surface area contributed by atoms with E-state index in [1.54, 1.807) is 0 Å². The second-order valence-corrected chi connectivity index (χ2v) is 4.09. The maximum Gasteiger partial charge on any atom is 0.184 e. The highest BCUT2D eigenvalue weighted by molar-refractivity contribution is 6.30. The molecule has 2 aromatic rings. The highest BCUT2D eigenvalue weighted by Crippen LogP contribution is 2.31.